The summed E-state index contributed by atoms with van der Waals surface area (Å²) in [6.07, 6.45) is 3.91. The van der Waals surface area contributed by atoms with Crippen LogP contribution in [-0.4, -0.2) is 27.5 Å². The van der Waals surface area contributed by atoms with Crippen molar-refractivity contribution in [2.24, 2.45) is 0 Å². The quantitative estimate of drug-likeness (QED) is 0.889. The molecule has 2 N–H and O–H groups in total. The number of hydrogen-bond acceptors (Lipinski definition) is 4. The number of aromatic nitrogens is 1. The summed E-state index contributed by atoms with van der Waals surface area (Å²) in [7, 11) is 0. The fourth-order valence-corrected chi connectivity index (χ4v) is 3.45. The Balaban J connectivity index is 1.73. The van der Waals surface area contributed by atoms with Crippen molar-refractivity contribution in [2.45, 2.75) is 31.2 Å². The van der Waals surface area contributed by atoms with Gasteiger partial charge in [-0.3, -0.25) is 9.59 Å². The number of aliphatic carboxylic acids is 1. The van der Waals surface area contributed by atoms with Crippen molar-refractivity contribution in [1.29, 1.82) is 0 Å². The number of nitrogens with zero attached hydrogens (tertiary/aromatic N) is 1. The second kappa shape index (κ2) is 5.88. The number of benzene rings is 1. The molecule has 22 heavy (non-hydrogen) atoms. The number of nitrogens with one attached hydrogen (secondary N) is 1. The fourth-order valence-electron chi connectivity index (χ4n) is 2.63. The minimum Gasteiger partial charge on any atom is -0.481 e. The van der Waals surface area contributed by atoms with Crippen molar-refractivity contribution in [1.82, 2.24) is 10.3 Å². The Morgan fingerprint density at radius 2 is 2.00 bits per heavy atom. The summed E-state index contributed by atoms with van der Waals surface area (Å²) in [5, 5.41) is 12.7. The van der Waals surface area contributed by atoms with Gasteiger partial charge >= 0.3 is 5.97 Å². The summed E-state index contributed by atoms with van der Waals surface area (Å²) < 4.78 is 0. The zero-order valence-corrected chi connectivity index (χ0v) is 12.7. The lowest BCUT2D eigenvalue weighted by Gasteiger charge is -2.41. The zero-order chi connectivity index (χ0) is 15.6. The third-order valence-electron chi connectivity index (χ3n) is 3.93. The first-order chi connectivity index (χ1) is 10.6. The molecule has 1 heterocycles. The molecule has 0 aliphatic heterocycles. The van der Waals surface area contributed by atoms with Crippen LogP contribution >= 0.6 is 11.3 Å². The minimum atomic E-state index is -0.880. The molecule has 114 valence electrons. The number of carboxylic acids is 1. The Morgan fingerprint density at radius 3 is 2.59 bits per heavy atom. The molecule has 1 saturated carbocycles. The maximum atomic E-state index is 12.3. The summed E-state index contributed by atoms with van der Waals surface area (Å²) in [6.45, 7) is 0. The van der Waals surface area contributed by atoms with Crippen LogP contribution in [0, 0.1) is 0 Å². The molecular weight excluding hydrogens is 300 g/mol. The number of carbonyl (C=O) groups excluding carboxylic acids is 1. The van der Waals surface area contributed by atoms with Crippen molar-refractivity contribution in [3.8, 4) is 10.6 Å². The van der Waals surface area contributed by atoms with E-state index < -0.39 is 11.5 Å². The average molecular weight is 316 g/mol. The van der Waals surface area contributed by atoms with Gasteiger partial charge in [0.05, 0.1) is 18.2 Å². The van der Waals surface area contributed by atoms with Gasteiger partial charge < -0.3 is 10.4 Å². The van der Waals surface area contributed by atoms with E-state index in [9.17, 15) is 9.59 Å². The highest BCUT2D eigenvalue weighted by atomic mass is 32.1. The summed E-state index contributed by atoms with van der Waals surface area (Å²) in [4.78, 5) is 28.1. The van der Waals surface area contributed by atoms with Crippen LogP contribution in [0.1, 0.15) is 35.4 Å². The van der Waals surface area contributed by atoms with E-state index in [4.69, 9.17) is 5.11 Å². The van der Waals surface area contributed by atoms with Gasteiger partial charge in [-0.15, -0.1) is 11.3 Å². The number of thiazole rings is 1. The molecule has 1 aromatic carbocycles. The summed E-state index contributed by atoms with van der Waals surface area (Å²) in [5.74, 6) is -1.12. The highest BCUT2D eigenvalue weighted by Crippen LogP contribution is 2.35. The van der Waals surface area contributed by atoms with Crippen molar-refractivity contribution >= 4 is 23.2 Å². The molecule has 0 spiro atoms. The van der Waals surface area contributed by atoms with Gasteiger partial charge in [0, 0.05) is 5.56 Å². The van der Waals surface area contributed by atoms with E-state index in [2.05, 4.69) is 10.3 Å². The van der Waals surface area contributed by atoms with E-state index in [1.807, 2.05) is 30.3 Å². The third kappa shape index (κ3) is 3.01. The van der Waals surface area contributed by atoms with E-state index in [1.54, 1.807) is 6.20 Å². The Morgan fingerprint density at radius 1 is 1.27 bits per heavy atom. The van der Waals surface area contributed by atoms with Gasteiger partial charge in [0.25, 0.3) is 5.91 Å². The summed E-state index contributed by atoms with van der Waals surface area (Å²) in [5.41, 5.74) is 0.384. The Bertz CT molecular complexity index is 692. The van der Waals surface area contributed by atoms with E-state index in [0.29, 0.717) is 4.88 Å². The topological polar surface area (TPSA) is 79.3 Å². The van der Waals surface area contributed by atoms with E-state index in [0.717, 1.165) is 29.8 Å². The SMILES string of the molecule is O=C(O)CC1(NC(=O)c2cnc(-c3ccccc3)s2)CCC1. The predicted molar refractivity (Wildman–Crippen MR) is 83.9 cm³/mol. The maximum absolute atomic E-state index is 12.3. The van der Waals surface area contributed by atoms with Crippen LogP contribution in [0.4, 0.5) is 0 Å². The number of amides is 1. The standard InChI is InChI=1S/C16H16N2O3S/c19-13(20)9-16(7-4-8-16)18-14(21)12-10-17-15(22-12)11-5-2-1-3-6-11/h1-3,5-6,10H,4,7-9H2,(H,18,21)(H,19,20). The molecule has 1 fully saturated rings. The molecule has 0 atom stereocenters. The van der Waals surface area contributed by atoms with E-state index in [1.165, 1.54) is 11.3 Å². The maximum Gasteiger partial charge on any atom is 0.305 e. The van der Waals surface area contributed by atoms with Crippen LogP contribution in [0.3, 0.4) is 0 Å². The number of carbonyl (C=O) groups is 2. The molecule has 0 bridgehead atoms. The van der Waals surface area contributed by atoms with Crippen molar-refractivity contribution in [3.05, 3.63) is 41.4 Å². The van der Waals surface area contributed by atoms with Crippen LogP contribution in [-0.2, 0) is 4.79 Å². The lowest BCUT2D eigenvalue weighted by molar-refractivity contribution is -0.139. The van der Waals surface area contributed by atoms with E-state index in [-0.39, 0.29) is 12.3 Å². The van der Waals surface area contributed by atoms with Gasteiger partial charge in [0.2, 0.25) is 0 Å². The van der Waals surface area contributed by atoms with Gasteiger partial charge in [0.1, 0.15) is 9.88 Å². The average Bonchev–Trinajstić information content (AvgIpc) is 2.95. The van der Waals surface area contributed by atoms with Crippen LogP contribution in [0.2, 0.25) is 0 Å². The van der Waals surface area contributed by atoms with Gasteiger partial charge in [-0.05, 0) is 19.3 Å². The van der Waals surface area contributed by atoms with Gasteiger partial charge in [-0.25, -0.2) is 4.98 Å². The summed E-state index contributed by atoms with van der Waals surface area (Å²) >= 11 is 1.32. The van der Waals surface area contributed by atoms with Crippen LogP contribution in [0.25, 0.3) is 10.6 Å². The molecule has 0 saturated heterocycles. The number of carboxylic acid groups (broad SMARTS) is 1. The monoisotopic (exact) mass is 316 g/mol. The van der Waals surface area contributed by atoms with Crippen LogP contribution in [0.15, 0.2) is 36.5 Å². The Labute approximate surface area is 132 Å². The molecule has 1 aromatic heterocycles. The Kier molecular flexibility index (Phi) is 3.94. The lowest BCUT2D eigenvalue weighted by Crippen LogP contribution is -2.54. The van der Waals surface area contributed by atoms with Gasteiger partial charge in [0.15, 0.2) is 0 Å². The van der Waals surface area contributed by atoms with Gasteiger partial charge in [-0.2, -0.15) is 0 Å². The highest BCUT2D eigenvalue weighted by molar-refractivity contribution is 7.16. The molecule has 1 aliphatic rings. The van der Waals surface area contributed by atoms with Crippen LogP contribution < -0.4 is 5.32 Å². The third-order valence-corrected chi connectivity index (χ3v) is 4.97. The second-order valence-corrected chi connectivity index (χ2v) is 6.58. The molecule has 0 radical (unpaired) electrons. The predicted octanol–water partition coefficient (Wildman–Crippen LogP) is 2.94. The highest BCUT2D eigenvalue weighted by Gasteiger charge is 2.40. The number of hydrogen-bond donors (Lipinski definition) is 2. The molecule has 6 heteroatoms. The van der Waals surface area contributed by atoms with Crippen molar-refractivity contribution in [3.63, 3.8) is 0 Å². The van der Waals surface area contributed by atoms with Crippen LogP contribution in [0.5, 0.6) is 0 Å². The molecule has 1 aliphatic carbocycles. The molecule has 3 rings (SSSR count). The van der Waals surface area contributed by atoms with Crippen molar-refractivity contribution < 1.29 is 14.7 Å². The first-order valence-corrected chi connectivity index (χ1v) is 7.95. The number of rotatable bonds is 5. The largest absolute Gasteiger partial charge is 0.481 e. The normalized spacial score (nSPS) is 15.8. The van der Waals surface area contributed by atoms with Gasteiger partial charge in [-0.1, -0.05) is 30.3 Å². The molecular formula is C16H16N2O3S. The minimum absolute atomic E-state index is 0.0247. The van der Waals surface area contributed by atoms with Crippen molar-refractivity contribution in [2.75, 3.05) is 0 Å². The lowest BCUT2D eigenvalue weighted by atomic mass is 9.74. The first kappa shape index (κ1) is 14.7. The summed E-state index contributed by atoms with van der Waals surface area (Å²) in [6, 6.07) is 9.66. The molecule has 0 unspecified atom stereocenters. The first-order valence-electron chi connectivity index (χ1n) is 7.14. The molecule has 1 amide bonds. The fraction of sp³-hybridized carbons (Fsp3) is 0.312. The van der Waals surface area contributed by atoms with E-state index >= 15 is 0 Å². The zero-order valence-electron chi connectivity index (χ0n) is 11.9. The molecule has 5 nitrogen and oxygen atoms in total. The second-order valence-electron chi connectivity index (χ2n) is 5.55. The Hall–Kier alpha value is -2.21. The molecule has 2 aromatic rings. The smallest absolute Gasteiger partial charge is 0.305 e.